The normalized spacial score (nSPS) is 15.3. The van der Waals surface area contributed by atoms with Crippen LogP contribution in [-0.2, 0) is 6.54 Å². The number of aliphatic hydroxyl groups excluding tert-OH is 1. The highest BCUT2D eigenvalue weighted by atomic mass is 19.1. The predicted molar refractivity (Wildman–Crippen MR) is 118 cm³/mol. The average molecular weight is 426 g/mol. The van der Waals surface area contributed by atoms with Gasteiger partial charge >= 0.3 is 0 Å². The van der Waals surface area contributed by atoms with Crippen LogP contribution in [0.4, 0.5) is 16.0 Å². The molecule has 1 aromatic carbocycles. The van der Waals surface area contributed by atoms with Crippen molar-refractivity contribution >= 4 is 11.6 Å². The molecule has 4 rings (SSSR count). The Bertz CT molecular complexity index is 1060. The molecule has 0 spiro atoms. The van der Waals surface area contributed by atoms with Gasteiger partial charge in [0.05, 0.1) is 19.4 Å². The topological polar surface area (TPSA) is 75.4 Å². The molecule has 3 aromatic rings. The van der Waals surface area contributed by atoms with Gasteiger partial charge in [-0.2, -0.15) is 4.98 Å². The molecular formula is C23H28FN5O2. The summed E-state index contributed by atoms with van der Waals surface area (Å²) in [6.07, 6.45) is 6.37. The van der Waals surface area contributed by atoms with Crippen molar-refractivity contribution in [2.24, 2.45) is 0 Å². The van der Waals surface area contributed by atoms with E-state index in [1.807, 2.05) is 44.4 Å². The Kier molecular flexibility index (Phi) is 6.20. The first-order valence-corrected chi connectivity index (χ1v) is 10.4. The molecule has 31 heavy (non-hydrogen) atoms. The summed E-state index contributed by atoms with van der Waals surface area (Å²) in [5.74, 6) is 0.735. The van der Waals surface area contributed by atoms with E-state index in [9.17, 15) is 9.50 Å². The number of rotatable bonds is 6. The van der Waals surface area contributed by atoms with E-state index in [1.165, 1.54) is 6.20 Å². The molecule has 1 saturated heterocycles. The molecular weight excluding hydrogens is 397 g/mol. The molecule has 0 saturated carbocycles. The van der Waals surface area contributed by atoms with Gasteiger partial charge in [0.1, 0.15) is 5.75 Å². The molecule has 164 valence electrons. The van der Waals surface area contributed by atoms with Gasteiger partial charge in [0.2, 0.25) is 5.95 Å². The molecule has 3 heterocycles. The van der Waals surface area contributed by atoms with Crippen LogP contribution in [0.5, 0.6) is 5.75 Å². The van der Waals surface area contributed by atoms with Crippen LogP contribution >= 0.6 is 0 Å². The third-order valence-electron chi connectivity index (χ3n) is 5.60. The van der Waals surface area contributed by atoms with Gasteiger partial charge in [0, 0.05) is 43.8 Å². The van der Waals surface area contributed by atoms with Crippen LogP contribution in [0.15, 0.2) is 36.8 Å². The predicted octanol–water partition coefficient (Wildman–Crippen LogP) is 3.73. The minimum atomic E-state index is -0.491. The zero-order valence-electron chi connectivity index (χ0n) is 18.1. The summed E-state index contributed by atoms with van der Waals surface area (Å²) in [4.78, 5) is 10.8. The summed E-state index contributed by atoms with van der Waals surface area (Å²) < 4.78 is 21.6. The fourth-order valence-electron chi connectivity index (χ4n) is 3.87. The van der Waals surface area contributed by atoms with Crippen molar-refractivity contribution in [3.63, 3.8) is 0 Å². The summed E-state index contributed by atoms with van der Waals surface area (Å²) in [7, 11) is 1.61. The Labute approximate surface area is 181 Å². The zero-order chi connectivity index (χ0) is 22.0. The second kappa shape index (κ2) is 9.03. The molecule has 1 aliphatic heterocycles. The minimum Gasteiger partial charge on any atom is -0.497 e. The van der Waals surface area contributed by atoms with Gasteiger partial charge in [-0.1, -0.05) is 0 Å². The second-order valence-corrected chi connectivity index (χ2v) is 8.11. The summed E-state index contributed by atoms with van der Waals surface area (Å²) >= 11 is 0. The smallest absolute Gasteiger partial charge is 0.229 e. The largest absolute Gasteiger partial charge is 0.497 e. The molecule has 0 aliphatic carbocycles. The van der Waals surface area contributed by atoms with Crippen molar-refractivity contribution in [3.05, 3.63) is 59.3 Å². The van der Waals surface area contributed by atoms with E-state index < -0.39 is 5.82 Å². The molecule has 0 bridgehead atoms. The Morgan fingerprint density at radius 2 is 1.97 bits per heavy atom. The van der Waals surface area contributed by atoms with Crippen molar-refractivity contribution in [1.29, 1.82) is 0 Å². The maximum atomic E-state index is 14.6. The minimum absolute atomic E-state index is 0.195. The molecule has 2 N–H and O–H groups in total. The average Bonchev–Trinajstić information content (AvgIpc) is 3.10. The van der Waals surface area contributed by atoms with E-state index in [1.54, 1.807) is 11.7 Å². The standard InChI is InChI=1S/C23H28FN5O2/c1-15-8-18(10-20(9-15)31-3)26-23-25-11-21(24)22(27-23)29-12-16(2)17(14-29)13-28-6-4-19(30)5-7-28/h8-12,14,19,30H,4-7,13H2,1-3H3,(H,25,26,27). The van der Waals surface area contributed by atoms with Gasteiger partial charge < -0.3 is 19.7 Å². The number of piperidine rings is 1. The first-order valence-electron chi connectivity index (χ1n) is 10.4. The van der Waals surface area contributed by atoms with Crippen molar-refractivity contribution < 1.29 is 14.2 Å². The lowest BCUT2D eigenvalue weighted by atomic mass is 10.1. The van der Waals surface area contributed by atoms with Gasteiger partial charge in [0.25, 0.3) is 0 Å². The van der Waals surface area contributed by atoms with E-state index >= 15 is 0 Å². The number of ether oxygens (including phenoxy) is 1. The maximum absolute atomic E-state index is 14.6. The fraction of sp³-hybridized carbons (Fsp3) is 0.391. The molecule has 0 atom stereocenters. The maximum Gasteiger partial charge on any atom is 0.229 e. The number of hydrogen-bond donors (Lipinski definition) is 2. The molecule has 0 unspecified atom stereocenters. The monoisotopic (exact) mass is 425 g/mol. The van der Waals surface area contributed by atoms with Crippen molar-refractivity contribution in [2.45, 2.75) is 39.3 Å². The third-order valence-corrected chi connectivity index (χ3v) is 5.60. The van der Waals surface area contributed by atoms with Crippen LogP contribution in [0.25, 0.3) is 5.82 Å². The Morgan fingerprint density at radius 1 is 1.19 bits per heavy atom. The summed E-state index contributed by atoms with van der Waals surface area (Å²) in [5, 5.41) is 12.8. The van der Waals surface area contributed by atoms with E-state index in [0.29, 0.717) is 5.95 Å². The molecule has 7 nitrogen and oxygen atoms in total. The number of halogens is 1. The first-order chi connectivity index (χ1) is 14.9. The number of aromatic nitrogens is 3. The van der Waals surface area contributed by atoms with Gasteiger partial charge in [0.15, 0.2) is 11.6 Å². The van der Waals surface area contributed by atoms with Crippen LogP contribution in [0.2, 0.25) is 0 Å². The first kappa shape index (κ1) is 21.3. The second-order valence-electron chi connectivity index (χ2n) is 8.11. The number of methoxy groups -OCH3 is 1. The van der Waals surface area contributed by atoms with Crippen molar-refractivity contribution in [1.82, 2.24) is 19.4 Å². The number of nitrogens with one attached hydrogen (secondary N) is 1. The fourth-order valence-corrected chi connectivity index (χ4v) is 3.87. The van der Waals surface area contributed by atoms with Crippen LogP contribution in [0, 0.1) is 19.7 Å². The number of likely N-dealkylation sites (tertiary alicyclic amines) is 1. The molecule has 8 heteroatoms. The number of nitrogens with zero attached hydrogens (tertiary/aromatic N) is 4. The number of aryl methyl sites for hydroxylation is 2. The third kappa shape index (κ3) is 5.03. The Morgan fingerprint density at radius 3 is 2.71 bits per heavy atom. The molecule has 0 amide bonds. The molecule has 1 fully saturated rings. The van der Waals surface area contributed by atoms with E-state index in [2.05, 4.69) is 20.2 Å². The van der Waals surface area contributed by atoms with Gasteiger partial charge in [-0.05, 0) is 55.5 Å². The van der Waals surface area contributed by atoms with Gasteiger partial charge in [-0.15, -0.1) is 0 Å². The van der Waals surface area contributed by atoms with Crippen LogP contribution in [0.3, 0.4) is 0 Å². The highest BCUT2D eigenvalue weighted by Crippen LogP contribution is 2.24. The lowest BCUT2D eigenvalue weighted by molar-refractivity contribution is 0.0792. The zero-order valence-corrected chi connectivity index (χ0v) is 18.1. The Balaban J connectivity index is 1.55. The van der Waals surface area contributed by atoms with Crippen LogP contribution in [-0.4, -0.2) is 50.8 Å². The van der Waals surface area contributed by atoms with E-state index in [-0.39, 0.29) is 11.9 Å². The van der Waals surface area contributed by atoms with Crippen LogP contribution in [0.1, 0.15) is 29.5 Å². The SMILES string of the molecule is COc1cc(C)cc(Nc2ncc(F)c(-n3cc(C)c(CN4CCC(O)CC4)c3)n2)c1. The number of benzene rings is 1. The number of anilines is 2. The lowest BCUT2D eigenvalue weighted by Gasteiger charge is -2.29. The Hall–Kier alpha value is -2.97. The lowest BCUT2D eigenvalue weighted by Crippen LogP contribution is -2.35. The molecule has 2 aromatic heterocycles. The van der Waals surface area contributed by atoms with E-state index in [0.717, 1.165) is 60.6 Å². The van der Waals surface area contributed by atoms with Crippen molar-refractivity contribution in [2.75, 3.05) is 25.5 Å². The van der Waals surface area contributed by atoms with E-state index in [4.69, 9.17) is 4.74 Å². The summed E-state index contributed by atoms with van der Waals surface area (Å²) in [5.41, 5.74) is 3.99. The molecule has 0 radical (unpaired) electrons. The van der Waals surface area contributed by atoms with Gasteiger partial charge in [-0.25, -0.2) is 9.37 Å². The number of hydrogen-bond acceptors (Lipinski definition) is 6. The number of aliphatic hydroxyl groups is 1. The highest BCUT2D eigenvalue weighted by molar-refractivity contribution is 5.58. The van der Waals surface area contributed by atoms with Crippen LogP contribution < -0.4 is 10.1 Å². The summed E-state index contributed by atoms with van der Waals surface area (Å²) in [6, 6.07) is 5.71. The molecule has 1 aliphatic rings. The van der Waals surface area contributed by atoms with Crippen molar-refractivity contribution in [3.8, 4) is 11.6 Å². The van der Waals surface area contributed by atoms with Gasteiger partial charge in [-0.3, -0.25) is 4.90 Å². The highest BCUT2D eigenvalue weighted by Gasteiger charge is 2.19. The quantitative estimate of drug-likeness (QED) is 0.627. The summed E-state index contributed by atoms with van der Waals surface area (Å²) in [6.45, 7) is 6.48.